The first kappa shape index (κ1) is 9.52. The lowest BCUT2D eigenvalue weighted by Crippen LogP contribution is -2.14. The lowest BCUT2D eigenvalue weighted by molar-refractivity contribution is 0.187. The standard InChI is InChI=1S/C10H17N3O/c1-8-5-10(12-13(8)2)11-6-9-3-4-14-7-9/h5,9H,3-4,6-7H2,1-2H3,(H,11,12). The zero-order valence-corrected chi connectivity index (χ0v) is 8.79. The predicted octanol–water partition coefficient (Wildman–Crippen LogP) is 1.18. The van der Waals surface area contributed by atoms with Gasteiger partial charge in [0.05, 0.1) is 6.61 Å². The Kier molecular flexibility index (Phi) is 2.72. The van der Waals surface area contributed by atoms with Crippen LogP contribution in [0.1, 0.15) is 12.1 Å². The van der Waals surface area contributed by atoms with Crippen molar-refractivity contribution >= 4 is 5.82 Å². The monoisotopic (exact) mass is 195 g/mol. The average molecular weight is 195 g/mol. The molecule has 0 aliphatic carbocycles. The van der Waals surface area contributed by atoms with Crippen LogP contribution in [0.4, 0.5) is 5.82 Å². The van der Waals surface area contributed by atoms with Gasteiger partial charge in [0.25, 0.3) is 0 Å². The zero-order chi connectivity index (χ0) is 9.97. The smallest absolute Gasteiger partial charge is 0.148 e. The quantitative estimate of drug-likeness (QED) is 0.787. The van der Waals surface area contributed by atoms with Gasteiger partial charge in [0.2, 0.25) is 0 Å². The number of rotatable bonds is 3. The van der Waals surface area contributed by atoms with Gasteiger partial charge < -0.3 is 10.1 Å². The summed E-state index contributed by atoms with van der Waals surface area (Å²) in [5.74, 6) is 1.62. The molecule has 1 fully saturated rings. The Balaban J connectivity index is 1.85. The molecule has 0 bridgehead atoms. The molecule has 0 spiro atoms. The molecule has 1 aromatic rings. The Morgan fingerprint density at radius 2 is 2.57 bits per heavy atom. The van der Waals surface area contributed by atoms with E-state index in [0.29, 0.717) is 5.92 Å². The summed E-state index contributed by atoms with van der Waals surface area (Å²) in [6.45, 7) is 4.82. The van der Waals surface area contributed by atoms with Crippen molar-refractivity contribution in [3.63, 3.8) is 0 Å². The number of ether oxygens (including phenoxy) is 1. The highest BCUT2D eigenvalue weighted by Gasteiger charge is 2.15. The molecule has 2 heterocycles. The highest BCUT2D eigenvalue weighted by atomic mass is 16.5. The first-order valence-corrected chi connectivity index (χ1v) is 5.08. The topological polar surface area (TPSA) is 39.1 Å². The molecule has 2 rings (SSSR count). The molecule has 0 aromatic carbocycles. The lowest BCUT2D eigenvalue weighted by Gasteiger charge is -2.07. The third kappa shape index (κ3) is 2.07. The van der Waals surface area contributed by atoms with Crippen molar-refractivity contribution in [1.82, 2.24) is 9.78 Å². The number of anilines is 1. The molecule has 1 aliphatic rings. The maximum Gasteiger partial charge on any atom is 0.148 e. The van der Waals surface area contributed by atoms with Crippen molar-refractivity contribution < 1.29 is 4.74 Å². The maximum atomic E-state index is 5.31. The third-order valence-corrected chi connectivity index (χ3v) is 2.71. The molecular weight excluding hydrogens is 178 g/mol. The van der Waals surface area contributed by atoms with Crippen LogP contribution < -0.4 is 5.32 Å². The molecule has 0 radical (unpaired) electrons. The van der Waals surface area contributed by atoms with Crippen LogP contribution in [0.25, 0.3) is 0 Å². The van der Waals surface area contributed by atoms with Crippen molar-refractivity contribution in [3.8, 4) is 0 Å². The van der Waals surface area contributed by atoms with Gasteiger partial charge in [-0.3, -0.25) is 4.68 Å². The molecule has 0 amide bonds. The Morgan fingerprint density at radius 3 is 3.14 bits per heavy atom. The first-order valence-electron chi connectivity index (χ1n) is 5.08. The molecule has 4 heteroatoms. The van der Waals surface area contributed by atoms with Crippen molar-refractivity contribution in [2.24, 2.45) is 13.0 Å². The molecule has 1 aromatic heterocycles. The van der Waals surface area contributed by atoms with E-state index in [2.05, 4.69) is 23.4 Å². The van der Waals surface area contributed by atoms with E-state index < -0.39 is 0 Å². The van der Waals surface area contributed by atoms with E-state index in [0.717, 1.165) is 25.6 Å². The minimum atomic E-state index is 0.650. The minimum absolute atomic E-state index is 0.650. The second-order valence-electron chi connectivity index (χ2n) is 3.91. The summed E-state index contributed by atoms with van der Waals surface area (Å²) in [6, 6.07) is 2.07. The summed E-state index contributed by atoms with van der Waals surface area (Å²) in [5, 5.41) is 7.67. The third-order valence-electron chi connectivity index (χ3n) is 2.71. The van der Waals surface area contributed by atoms with E-state index in [9.17, 15) is 0 Å². The number of aryl methyl sites for hydroxylation is 2. The van der Waals surface area contributed by atoms with Crippen LogP contribution >= 0.6 is 0 Å². The zero-order valence-electron chi connectivity index (χ0n) is 8.79. The number of hydrogen-bond acceptors (Lipinski definition) is 3. The number of nitrogens with zero attached hydrogens (tertiary/aromatic N) is 2. The molecule has 14 heavy (non-hydrogen) atoms. The number of hydrogen-bond donors (Lipinski definition) is 1. The highest BCUT2D eigenvalue weighted by Crippen LogP contribution is 2.14. The van der Waals surface area contributed by atoms with Gasteiger partial charge in [-0.25, -0.2) is 0 Å². The average Bonchev–Trinajstić information content (AvgIpc) is 2.74. The predicted molar refractivity (Wildman–Crippen MR) is 55.4 cm³/mol. The van der Waals surface area contributed by atoms with E-state index in [1.54, 1.807) is 0 Å². The van der Waals surface area contributed by atoms with Gasteiger partial charge in [-0.05, 0) is 13.3 Å². The van der Waals surface area contributed by atoms with E-state index >= 15 is 0 Å². The van der Waals surface area contributed by atoms with Crippen LogP contribution in [0.3, 0.4) is 0 Å². The lowest BCUT2D eigenvalue weighted by atomic mass is 10.1. The summed E-state index contributed by atoms with van der Waals surface area (Å²) >= 11 is 0. The molecular formula is C10H17N3O. The van der Waals surface area contributed by atoms with Gasteiger partial charge in [0.15, 0.2) is 0 Å². The van der Waals surface area contributed by atoms with Gasteiger partial charge in [-0.2, -0.15) is 5.10 Å². The minimum Gasteiger partial charge on any atom is -0.381 e. The van der Waals surface area contributed by atoms with Gasteiger partial charge in [-0.1, -0.05) is 0 Å². The molecule has 78 valence electrons. The largest absolute Gasteiger partial charge is 0.381 e. The van der Waals surface area contributed by atoms with E-state index in [1.807, 2.05) is 11.7 Å². The summed E-state index contributed by atoms with van der Waals surface area (Å²) in [4.78, 5) is 0. The molecule has 0 saturated carbocycles. The van der Waals surface area contributed by atoms with Gasteiger partial charge >= 0.3 is 0 Å². The molecule has 4 nitrogen and oxygen atoms in total. The molecule has 1 N–H and O–H groups in total. The first-order chi connectivity index (χ1) is 6.75. The van der Waals surface area contributed by atoms with Crippen LogP contribution in [0, 0.1) is 12.8 Å². The Bertz CT molecular complexity index is 283. The van der Waals surface area contributed by atoms with Gasteiger partial charge in [0.1, 0.15) is 5.82 Å². The second kappa shape index (κ2) is 4.00. The SMILES string of the molecule is Cc1cc(NCC2CCOC2)nn1C. The van der Waals surface area contributed by atoms with Gasteiger partial charge in [-0.15, -0.1) is 0 Å². The Labute approximate surface area is 84.3 Å². The number of aromatic nitrogens is 2. The van der Waals surface area contributed by atoms with Crippen LogP contribution in [0.15, 0.2) is 6.07 Å². The van der Waals surface area contributed by atoms with Crippen LogP contribution in [-0.4, -0.2) is 29.5 Å². The Morgan fingerprint density at radius 1 is 1.71 bits per heavy atom. The van der Waals surface area contributed by atoms with Crippen LogP contribution in [0.2, 0.25) is 0 Å². The van der Waals surface area contributed by atoms with Crippen molar-refractivity contribution in [3.05, 3.63) is 11.8 Å². The molecule has 1 unspecified atom stereocenters. The van der Waals surface area contributed by atoms with E-state index in [1.165, 1.54) is 12.1 Å². The van der Waals surface area contributed by atoms with Crippen LogP contribution in [-0.2, 0) is 11.8 Å². The van der Waals surface area contributed by atoms with Crippen molar-refractivity contribution in [1.29, 1.82) is 0 Å². The molecule has 1 atom stereocenters. The summed E-state index contributed by atoms with van der Waals surface area (Å²) in [6.07, 6.45) is 1.17. The molecule has 1 aliphatic heterocycles. The summed E-state index contributed by atoms with van der Waals surface area (Å²) in [5.41, 5.74) is 1.18. The normalized spacial score (nSPS) is 21.4. The van der Waals surface area contributed by atoms with Crippen LogP contribution in [0.5, 0.6) is 0 Å². The fraction of sp³-hybridized carbons (Fsp3) is 0.700. The van der Waals surface area contributed by atoms with Crippen molar-refractivity contribution in [2.45, 2.75) is 13.3 Å². The van der Waals surface area contributed by atoms with E-state index in [4.69, 9.17) is 4.74 Å². The summed E-state index contributed by atoms with van der Waals surface area (Å²) in [7, 11) is 1.96. The second-order valence-corrected chi connectivity index (χ2v) is 3.91. The molecule has 1 saturated heterocycles. The maximum absolute atomic E-state index is 5.31. The fourth-order valence-electron chi connectivity index (χ4n) is 1.64. The summed E-state index contributed by atoms with van der Waals surface area (Å²) < 4.78 is 7.19. The Hall–Kier alpha value is -1.03. The fourth-order valence-corrected chi connectivity index (χ4v) is 1.64. The number of nitrogens with one attached hydrogen (secondary N) is 1. The van der Waals surface area contributed by atoms with Gasteiger partial charge in [0, 0.05) is 37.9 Å². The van der Waals surface area contributed by atoms with E-state index in [-0.39, 0.29) is 0 Å². The highest BCUT2D eigenvalue weighted by molar-refractivity contribution is 5.35. The van der Waals surface area contributed by atoms with Crippen molar-refractivity contribution in [2.75, 3.05) is 25.1 Å².